The lowest BCUT2D eigenvalue weighted by Gasteiger charge is -2.02. The van der Waals surface area contributed by atoms with Crippen molar-refractivity contribution in [1.29, 1.82) is 0 Å². The molecule has 0 spiro atoms. The minimum absolute atomic E-state index is 0.403. The lowest BCUT2D eigenvalue weighted by atomic mass is 10.2. The third kappa shape index (κ3) is 3.95. The van der Waals surface area contributed by atoms with E-state index in [0.717, 1.165) is 5.56 Å². The normalized spacial score (nSPS) is 9.43. The van der Waals surface area contributed by atoms with Crippen LogP contribution in [0.4, 0.5) is 9.59 Å². The number of primary amides is 1. The summed E-state index contributed by atoms with van der Waals surface area (Å²) in [6.45, 7) is 0.403. The van der Waals surface area contributed by atoms with Crippen molar-refractivity contribution in [2.75, 3.05) is 0 Å². The van der Waals surface area contributed by atoms with Crippen LogP contribution in [0.1, 0.15) is 5.56 Å². The number of carbonyl (C=O) groups excluding carboxylic acids is 2. The summed E-state index contributed by atoms with van der Waals surface area (Å²) in [5, 5.41) is 1.43. The molecule has 74 valence electrons. The van der Waals surface area contributed by atoms with Crippen molar-refractivity contribution in [3.63, 3.8) is 0 Å². The van der Waals surface area contributed by atoms with Gasteiger partial charge in [-0.1, -0.05) is 30.3 Å². The van der Waals surface area contributed by atoms with E-state index in [2.05, 4.69) is 5.32 Å². The number of nitrogens with one attached hydrogen (secondary N) is 1. The van der Waals surface area contributed by atoms with Crippen molar-refractivity contribution in [3.05, 3.63) is 35.9 Å². The van der Waals surface area contributed by atoms with E-state index in [-0.39, 0.29) is 0 Å². The van der Waals surface area contributed by atoms with E-state index in [1.807, 2.05) is 30.3 Å². The first kappa shape index (κ1) is 10.6. The van der Waals surface area contributed by atoms with Crippen LogP contribution >= 0.6 is 11.8 Å². The van der Waals surface area contributed by atoms with Crippen LogP contribution in [0.3, 0.4) is 0 Å². The summed E-state index contributed by atoms with van der Waals surface area (Å²) in [5.74, 6) is 0. The van der Waals surface area contributed by atoms with E-state index >= 15 is 0 Å². The van der Waals surface area contributed by atoms with E-state index in [0.29, 0.717) is 18.3 Å². The van der Waals surface area contributed by atoms with Gasteiger partial charge in [-0.25, -0.2) is 0 Å². The van der Waals surface area contributed by atoms with Gasteiger partial charge in [-0.05, 0) is 5.56 Å². The van der Waals surface area contributed by atoms with E-state index in [4.69, 9.17) is 5.73 Å². The molecule has 0 aliphatic carbocycles. The number of rotatable bonds is 2. The van der Waals surface area contributed by atoms with Gasteiger partial charge in [-0.2, -0.15) is 0 Å². The number of thioether (sulfide) groups is 1. The van der Waals surface area contributed by atoms with Gasteiger partial charge in [0.1, 0.15) is 0 Å². The summed E-state index contributed by atoms with van der Waals surface area (Å²) in [5.41, 5.74) is 5.80. The predicted octanol–water partition coefficient (Wildman–Crippen LogP) is 1.71. The van der Waals surface area contributed by atoms with E-state index in [9.17, 15) is 9.59 Å². The Bertz CT molecular complexity index is 327. The molecule has 5 heteroatoms. The lowest BCUT2D eigenvalue weighted by Crippen LogP contribution is -2.21. The summed E-state index contributed by atoms with van der Waals surface area (Å²) in [6, 6.07) is 9.42. The molecule has 1 rings (SSSR count). The SMILES string of the molecule is NC(=O)SC(=O)NCc1ccccc1. The summed E-state index contributed by atoms with van der Waals surface area (Å²) < 4.78 is 0. The quantitative estimate of drug-likeness (QED) is 0.780. The van der Waals surface area contributed by atoms with Gasteiger partial charge < -0.3 is 11.1 Å². The van der Waals surface area contributed by atoms with Crippen LogP contribution in [0.5, 0.6) is 0 Å². The molecule has 0 aromatic heterocycles. The molecular weight excluding hydrogens is 200 g/mol. The van der Waals surface area contributed by atoms with E-state index in [1.54, 1.807) is 0 Å². The number of hydrogen-bond acceptors (Lipinski definition) is 3. The highest BCUT2D eigenvalue weighted by Crippen LogP contribution is 2.02. The molecule has 0 bridgehead atoms. The summed E-state index contributed by atoms with van der Waals surface area (Å²) in [7, 11) is 0. The van der Waals surface area contributed by atoms with Crippen LogP contribution in [0.25, 0.3) is 0 Å². The predicted molar refractivity (Wildman–Crippen MR) is 55.9 cm³/mol. The maximum absolute atomic E-state index is 11.0. The molecule has 0 unspecified atom stereocenters. The zero-order valence-electron chi connectivity index (χ0n) is 7.40. The Morgan fingerprint density at radius 3 is 2.50 bits per heavy atom. The topological polar surface area (TPSA) is 72.2 Å². The highest BCUT2D eigenvalue weighted by atomic mass is 32.2. The molecule has 0 atom stereocenters. The molecule has 0 saturated heterocycles. The second-order valence-corrected chi connectivity index (χ2v) is 3.52. The van der Waals surface area contributed by atoms with Gasteiger partial charge >= 0.3 is 0 Å². The zero-order valence-corrected chi connectivity index (χ0v) is 8.21. The Morgan fingerprint density at radius 1 is 1.29 bits per heavy atom. The number of benzene rings is 1. The Morgan fingerprint density at radius 2 is 1.93 bits per heavy atom. The lowest BCUT2D eigenvalue weighted by molar-refractivity contribution is 0.259. The van der Waals surface area contributed by atoms with Gasteiger partial charge in [-0.3, -0.25) is 9.59 Å². The van der Waals surface area contributed by atoms with Gasteiger partial charge in [-0.15, -0.1) is 0 Å². The van der Waals surface area contributed by atoms with Crippen LogP contribution in [0, 0.1) is 0 Å². The monoisotopic (exact) mass is 210 g/mol. The van der Waals surface area contributed by atoms with Crippen molar-refractivity contribution >= 4 is 22.2 Å². The molecule has 2 amide bonds. The van der Waals surface area contributed by atoms with Crippen LogP contribution in [-0.4, -0.2) is 10.5 Å². The van der Waals surface area contributed by atoms with Gasteiger partial charge in [0, 0.05) is 18.3 Å². The highest BCUT2D eigenvalue weighted by Gasteiger charge is 2.05. The Balaban J connectivity index is 2.34. The number of hydrogen-bond donors (Lipinski definition) is 2. The first-order valence-corrected chi connectivity index (χ1v) is 4.79. The first-order valence-electron chi connectivity index (χ1n) is 3.97. The van der Waals surface area contributed by atoms with E-state index in [1.165, 1.54) is 0 Å². The summed E-state index contributed by atoms with van der Waals surface area (Å²) >= 11 is 0.463. The first-order chi connectivity index (χ1) is 6.68. The second kappa shape index (κ2) is 5.29. The van der Waals surface area contributed by atoms with Crippen LogP contribution < -0.4 is 11.1 Å². The Kier molecular flexibility index (Phi) is 4.00. The molecule has 14 heavy (non-hydrogen) atoms. The third-order valence-electron chi connectivity index (χ3n) is 1.47. The standard InChI is InChI=1S/C9H10N2O2S/c10-8(12)14-9(13)11-6-7-4-2-1-3-5-7/h1-5H,6H2,(H2,10,12)(H,11,13). The van der Waals surface area contributed by atoms with E-state index < -0.39 is 10.5 Å². The number of carbonyl (C=O) groups is 2. The molecule has 0 saturated carbocycles. The van der Waals surface area contributed by atoms with Crippen LogP contribution in [0.2, 0.25) is 0 Å². The molecule has 3 N–H and O–H groups in total. The number of nitrogens with two attached hydrogens (primary N) is 1. The fourth-order valence-electron chi connectivity index (χ4n) is 0.898. The van der Waals surface area contributed by atoms with Crippen molar-refractivity contribution in [3.8, 4) is 0 Å². The average molecular weight is 210 g/mol. The zero-order chi connectivity index (χ0) is 10.4. The third-order valence-corrected chi connectivity index (χ3v) is 2.00. The molecule has 4 nitrogen and oxygen atoms in total. The second-order valence-electron chi connectivity index (χ2n) is 2.55. The van der Waals surface area contributed by atoms with Crippen molar-refractivity contribution in [2.45, 2.75) is 6.54 Å². The highest BCUT2D eigenvalue weighted by molar-refractivity contribution is 8.25. The van der Waals surface area contributed by atoms with Gasteiger partial charge in [0.2, 0.25) is 0 Å². The molecular formula is C9H10N2O2S. The molecule has 1 aromatic rings. The maximum Gasteiger partial charge on any atom is 0.288 e. The van der Waals surface area contributed by atoms with Crippen molar-refractivity contribution in [2.24, 2.45) is 5.73 Å². The minimum Gasteiger partial charge on any atom is -0.360 e. The van der Waals surface area contributed by atoms with Crippen LogP contribution in [-0.2, 0) is 6.54 Å². The fraction of sp³-hybridized carbons (Fsp3) is 0.111. The minimum atomic E-state index is -0.699. The van der Waals surface area contributed by atoms with Gasteiger partial charge in [0.25, 0.3) is 10.5 Å². The summed E-state index contributed by atoms with van der Waals surface area (Å²) in [6.07, 6.45) is 0. The molecule has 0 fully saturated rings. The van der Waals surface area contributed by atoms with Crippen molar-refractivity contribution < 1.29 is 9.59 Å². The fourth-order valence-corrected chi connectivity index (χ4v) is 1.22. The number of amides is 2. The summed E-state index contributed by atoms with van der Waals surface area (Å²) in [4.78, 5) is 21.3. The molecule has 0 radical (unpaired) electrons. The van der Waals surface area contributed by atoms with Gasteiger partial charge in [0.05, 0.1) is 0 Å². The largest absolute Gasteiger partial charge is 0.360 e. The molecule has 0 aliphatic heterocycles. The smallest absolute Gasteiger partial charge is 0.288 e. The maximum atomic E-state index is 11.0. The Labute approximate surface area is 85.9 Å². The average Bonchev–Trinajstić information content (AvgIpc) is 2.15. The molecule has 0 heterocycles. The molecule has 1 aromatic carbocycles. The van der Waals surface area contributed by atoms with Crippen molar-refractivity contribution in [1.82, 2.24) is 5.32 Å². The molecule has 0 aliphatic rings. The van der Waals surface area contributed by atoms with Gasteiger partial charge in [0.15, 0.2) is 0 Å². The Hall–Kier alpha value is -1.49. The van der Waals surface area contributed by atoms with Crippen LogP contribution in [0.15, 0.2) is 30.3 Å².